The van der Waals surface area contributed by atoms with Gasteiger partial charge >= 0.3 is 5.97 Å². The lowest BCUT2D eigenvalue weighted by Gasteiger charge is -2.12. The minimum Gasteiger partial charge on any atom is -0.462 e. The SMILES string of the molecule is CCOC(=O)c1c(NC(=O)[C@@H](C)Br)sc2c1CCCC2. The summed E-state index contributed by atoms with van der Waals surface area (Å²) in [5.41, 5.74) is 1.63. The van der Waals surface area contributed by atoms with E-state index in [4.69, 9.17) is 4.74 Å². The van der Waals surface area contributed by atoms with Gasteiger partial charge in [0.25, 0.3) is 0 Å². The normalized spacial score (nSPS) is 15.3. The van der Waals surface area contributed by atoms with Gasteiger partial charge in [0.2, 0.25) is 5.91 Å². The van der Waals surface area contributed by atoms with E-state index in [1.54, 1.807) is 13.8 Å². The number of nitrogens with one attached hydrogen (secondary N) is 1. The zero-order valence-corrected chi connectivity index (χ0v) is 14.0. The van der Waals surface area contributed by atoms with E-state index in [1.807, 2.05) is 0 Å². The quantitative estimate of drug-likeness (QED) is 0.660. The highest BCUT2D eigenvalue weighted by Gasteiger charge is 2.27. The van der Waals surface area contributed by atoms with E-state index in [1.165, 1.54) is 16.2 Å². The fraction of sp³-hybridized carbons (Fsp3) is 0.571. The van der Waals surface area contributed by atoms with Crippen molar-refractivity contribution in [2.45, 2.75) is 44.4 Å². The van der Waals surface area contributed by atoms with Gasteiger partial charge in [-0.15, -0.1) is 11.3 Å². The number of halogens is 1. The van der Waals surface area contributed by atoms with Crippen LogP contribution in [0.1, 0.15) is 47.5 Å². The molecule has 4 nitrogen and oxygen atoms in total. The summed E-state index contributed by atoms with van der Waals surface area (Å²) in [6.45, 7) is 3.88. The van der Waals surface area contributed by atoms with Gasteiger partial charge in [-0.3, -0.25) is 4.79 Å². The van der Waals surface area contributed by atoms with Crippen molar-refractivity contribution in [2.24, 2.45) is 0 Å². The molecule has 1 aromatic rings. The van der Waals surface area contributed by atoms with Crippen LogP contribution in [0.15, 0.2) is 0 Å². The Labute approximate surface area is 131 Å². The lowest BCUT2D eigenvalue weighted by molar-refractivity contribution is -0.115. The van der Waals surface area contributed by atoms with Gasteiger partial charge in [0.15, 0.2) is 0 Å². The van der Waals surface area contributed by atoms with Crippen LogP contribution in [-0.2, 0) is 22.4 Å². The van der Waals surface area contributed by atoms with Gasteiger partial charge in [-0.25, -0.2) is 4.79 Å². The van der Waals surface area contributed by atoms with E-state index >= 15 is 0 Å². The summed E-state index contributed by atoms with van der Waals surface area (Å²) in [6, 6.07) is 0. The Balaban J connectivity index is 2.36. The minimum absolute atomic E-state index is 0.144. The molecule has 1 atom stereocenters. The lowest BCUT2D eigenvalue weighted by Crippen LogP contribution is -2.21. The number of rotatable bonds is 4. The Bertz CT molecular complexity index is 525. The molecule has 0 unspecified atom stereocenters. The van der Waals surface area contributed by atoms with Crippen molar-refractivity contribution in [2.75, 3.05) is 11.9 Å². The fourth-order valence-corrected chi connectivity index (χ4v) is 3.68. The van der Waals surface area contributed by atoms with Crippen LogP contribution in [0.4, 0.5) is 5.00 Å². The van der Waals surface area contributed by atoms with E-state index in [2.05, 4.69) is 21.2 Å². The maximum Gasteiger partial charge on any atom is 0.341 e. The topological polar surface area (TPSA) is 55.4 Å². The van der Waals surface area contributed by atoms with Crippen LogP contribution in [0.3, 0.4) is 0 Å². The minimum atomic E-state index is -0.329. The third-order valence-corrected chi connectivity index (χ3v) is 4.87. The van der Waals surface area contributed by atoms with Gasteiger partial charge in [-0.1, -0.05) is 15.9 Å². The van der Waals surface area contributed by atoms with Crippen LogP contribution in [0.25, 0.3) is 0 Å². The van der Waals surface area contributed by atoms with Gasteiger partial charge in [0, 0.05) is 4.88 Å². The molecule has 1 N–H and O–H groups in total. The van der Waals surface area contributed by atoms with Gasteiger partial charge in [-0.05, 0) is 45.1 Å². The van der Waals surface area contributed by atoms with Crippen LogP contribution in [-0.4, -0.2) is 23.3 Å². The average molecular weight is 360 g/mol. The molecular weight excluding hydrogens is 342 g/mol. The van der Waals surface area contributed by atoms with Crippen LogP contribution >= 0.6 is 27.3 Å². The molecule has 1 heterocycles. The summed E-state index contributed by atoms with van der Waals surface area (Å²) in [5.74, 6) is -0.474. The van der Waals surface area contributed by atoms with Crippen LogP contribution in [0.2, 0.25) is 0 Å². The molecular formula is C14H18BrNO3S. The van der Waals surface area contributed by atoms with Crippen molar-refractivity contribution in [3.63, 3.8) is 0 Å². The summed E-state index contributed by atoms with van der Waals surface area (Å²) < 4.78 is 5.14. The summed E-state index contributed by atoms with van der Waals surface area (Å²) in [6.07, 6.45) is 4.09. The van der Waals surface area contributed by atoms with E-state index < -0.39 is 0 Å². The molecule has 0 fully saturated rings. The zero-order chi connectivity index (χ0) is 14.7. The highest BCUT2D eigenvalue weighted by Crippen LogP contribution is 2.38. The first-order valence-electron chi connectivity index (χ1n) is 6.81. The predicted molar refractivity (Wildman–Crippen MR) is 83.9 cm³/mol. The number of alkyl halides is 1. The molecule has 0 saturated heterocycles. The fourth-order valence-electron chi connectivity index (χ4n) is 2.28. The first-order valence-corrected chi connectivity index (χ1v) is 8.54. The summed E-state index contributed by atoms with van der Waals surface area (Å²) >= 11 is 4.75. The molecule has 0 spiro atoms. The Morgan fingerprint density at radius 2 is 2.10 bits per heavy atom. The molecule has 20 heavy (non-hydrogen) atoms. The summed E-state index contributed by atoms with van der Waals surface area (Å²) in [4.78, 5) is 24.9. The summed E-state index contributed by atoms with van der Waals surface area (Å²) in [7, 11) is 0. The Kier molecular flexibility index (Phi) is 5.21. The standard InChI is InChI=1S/C14H18BrNO3S/c1-3-19-14(18)11-9-6-4-5-7-10(9)20-13(11)16-12(17)8(2)15/h8H,3-7H2,1-2H3,(H,16,17)/t8-/m1/s1. The molecule has 1 amide bonds. The van der Waals surface area contributed by atoms with Crippen LogP contribution in [0.5, 0.6) is 0 Å². The van der Waals surface area contributed by atoms with Crippen molar-refractivity contribution in [3.8, 4) is 0 Å². The predicted octanol–water partition coefficient (Wildman–Crippen LogP) is 3.53. The second kappa shape index (κ2) is 6.72. The largest absolute Gasteiger partial charge is 0.462 e. The number of ether oxygens (including phenoxy) is 1. The molecule has 1 aliphatic rings. The molecule has 0 aromatic carbocycles. The van der Waals surface area contributed by atoms with Crippen molar-refractivity contribution < 1.29 is 14.3 Å². The second-order valence-corrected chi connectivity index (χ2v) is 7.22. The maximum atomic E-state index is 12.2. The molecule has 0 saturated carbocycles. The number of fused-ring (bicyclic) bond motifs is 1. The highest BCUT2D eigenvalue weighted by atomic mass is 79.9. The third kappa shape index (κ3) is 3.23. The second-order valence-electron chi connectivity index (χ2n) is 4.74. The lowest BCUT2D eigenvalue weighted by atomic mass is 9.95. The van der Waals surface area contributed by atoms with Crippen LogP contribution < -0.4 is 5.32 Å². The number of carbonyl (C=O) groups is 2. The smallest absolute Gasteiger partial charge is 0.341 e. The number of esters is 1. The molecule has 110 valence electrons. The van der Waals surface area contributed by atoms with Gasteiger partial charge in [-0.2, -0.15) is 0 Å². The maximum absolute atomic E-state index is 12.2. The van der Waals surface area contributed by atoms with Crippen LogP contribution in [0, 0.1) is 0 Å². The van der Waals surface area contributed by atoms with E-state index in [0.29, 0.717) is 17.2 Å². The van der Waals surface area contributed by atoms with Crippen molar-refractivity contribution in [3.05, 3.63) is 16.0 Å². The molecule has 0 radical (unpaired) electrons. The van der Waals surface area contributed by atoms with Gasteiger partial charge in [0.05, 0.1) is 17.0 Å². The number of aryl methyl sites for hydroxylation is 1. The summed E-state index contributed by atoms with van der Waals surface area (Å²) in [5, 5.41) is 3.47. The number of amides is 1. The molecule has 0 bridgehead atoms. The van der Waals surface area contributed by atoms with E-state index in [9.17, 15) is 9.59 Å². The van der Waals surface area contributed by atoms with Gasteiger partial charge < -0.3 is 10.1 Å². The van der Waals surface area contributed by atoms with Crippen molar-refractivity contribution >= 4 is 44.1 Å². The number of hydrogen-bond donors (Lipinski definition) is 1. The molecule has 1 aromatic heterocycles. The Morgan fingerprint density at radius 3 is 2.75 bits per heavy atom. The van der Waals surface area contributed by atoms with E-state index in [-0.39, 0.29) is 16.7 Å². The Morgan fingerprint density at radius 1 is 1.40 bits per heavy atom. The van der Waals surface area contributed by atoms with E-state index in [0.717, 1.165) is 31.2 Å². The highest BCUT2D eigenvalue weighted by molar-refractivity contribution is 9.10. The number of anilines is 1. The first-order chi connectivity index (χ1) is 9.54. The number of thiophene rings is 1. The molecule has 2 rings (SSSR count). The van der Waals surface area contributed by atoms with Crippen molar-refractivity contribution in [1.82, 2.24) is 0 Å². The monoisotopic (exact) mass is 359 g/mol. The molecule has 0 aliphatic heterocycles. The van der Waals surface area contributed by atoms with Crippen molar-refractivity contribution in [1.29, 1.82) is 0 Å². The average Bonchev–Trinajstić information content (AvgIpc) is 2.76. The molecule has 6 heteroatoms. The Hall–Kier alpha value is -0.880. The third-order valence-electron chi connectivity index (χ3n) is 3.25. The number of hydrogen-bond acceptors (Lipinski definition) is 4. The number of carbonyl (C=O) groups excluding carboxylic acids is 2. The zero-order valence-electron chi connectivity index (χ0n) is 11.6. The molecule has 1 aliphatic carbocycles. The van der Waals surface area contributed by atoms with Gasteiger partial charge in [0.1, 0.15) is 5.00 Å². The first kappa shape index (κ1) is 15.5.